The average molecular weight is 422 g/mol. The molecule has 0 amide bonds. The number of rotatable bonds is 10. The lowest BCUT2D eigenvalue weighted by Gasteiger charge is -2.18. The van der Waals surface area contributed by atoms with Crippen molar-refractivity contribution in [2.24, 2.45) is 5.92 Å². The Hall–Kier alpha value is -0.220. The SMILES string of the molecule is CCCCC(CC)COc1cc(CBr)c(OC)cc1CBr. The van der Waals surface area contributed by atoms with E-state index in [2.05, 4.69) is 57.8 Å². The van der Waals surface area contributed by atoms with E-state index in [1.54, 1.807) is 7.11 Å². The zero-order valence-corrected chi connectivity index (χ0v) is 16.4. The highest BCUT2D eigenvalue weighted by atomic mass is 79.9. The highest BCUT2D eigenvalue weighted by molar-refractivity contribution is 9.08. The van der Waals surface area contributed by atoms with Gasteiger partial charge >= 0.3 is 0 Å². The van der Waals surface area contributed by atoms with E-state index in [-0.39, 0.29) is 0 Å². The van der Waals surface area contributed by atoms with E-state index in [0.717, 1.165) is 39.9 Å². The average Bonchev–Trinajstić information content (AvgIpc) is 2.54. The van der Waals surface area contributed by atoms with Gasteiger partial charge in [0.25, 0.3) is 0 Å². The number of alkyl halides is 2. The summed E-state index contributed by atoms with van der Waals surface area (Å²) in [5.74, 6) is 2.52. The van der Waals surface area contributed by atoms with Crippen LogP contribution in [-0.4, -0.2) is 13.7 Å². The summed E-state index contributed by atoms with van der Waals surface area (Å²) in [7, 11) is 1.71. The second-order valence-corrected chi connectivity index (χ2v) is 6.39. The quantitative estimate of drug-likeness (QED) is 0.426. The van der Waals surface area contributed by atoms with Gasteiger partial charge in [-0.1, -0.05) is 65.0 Å². The summed E-state index contributed by atoms with van der Waals surface area (Å²) >= 11 is 7.05. The lowest BCUT2D eigenvalue weighted by atomic mass is 10.0. The molecule has 0 saturated heterocycles. The number of unbranched alkanes of at least 4 members (excludes halogenated alkanes) is 1. The predicted molar refractivity (Wildman–Crippen MR) is 97.1 cm³/mol. The van der Waals surface area contributed by atoms with Gasteiger partial charge in [0.15, 0.2) is 0 Å². The summed E-state index contributed by atoms with van der Waals surface area (Å²) in [6.45, 7) is 5.28. The van der Waals surface area contributed by atoms with Crippen molar-refractivity contribution in [3.05, 3.63) is 23.3 Å². The molecule has 1 atom stereocenters. The Morgan fingerprint density at radius 1 is 1.05 bits per heavy atom. The van der Waals surface area contributed by atoms with Crippen molar-refractivity contribution in [3.63, 3.8) is 0 Å². The predicted octanol–water partition coefficient (Wildman–Crippen LogP) is 6.08. The van der Waals surface area contributed by atoms with Crippen LogP contribution in [0.15, 0.2) is 12.1 Å². The molecule has 0 aliphatic heterocycles. The summed E-state index contributed by atoms with van der Waals surface area (Å²) in [5.41, 5.74) is 2.26. The molecule has 1 rings (SSSR count). The zero-order chi connectivity index (χ0) is 15.7. The lowest BCUT2D eigenvalue weighted by molar-refractivity contribution is 0.231. The van der Waals surface area contributed by atoms with Gasteiger partial charge in [-0.3, -0.25) is 0 Å². The van der Waals surface area contributed by atoms with E-state index in [0.29, 0.717) is 5.92 Å². The number of hydrogen-bond acceptors (Lipinski definition) is 2. The molecule has 0 bridgehead atoms. The first-order valence-electron chi connectivity index (χ1n) is 7.64. The van der Waals surface area contributed by atoms with Gasteiger partial charge in [0, 0.05) is 21.8 Å². The van der Waals surface area contributed by atoms with Crippen molar-refractivity contribution in [2.75, 3.05) is 13.7 Å². The molecule has 21 heavy (non-hydrogen) atoms. The van der Waals surface area contributed by atoms with Gasteiger partial charge in [0.05, 0.1) is 13.7 Å². The Balaban J connectivity index is 2.81. The van der Waals surface area contributed by atoms with Gasteiger partial charge < -0.3 is 9.47 Å². The van der Waals surface area contributed by atoms with Crippen LogP contribution in [0.3, 0.4) is 0 Å². The molecule has 0 aliphatic rings. The smallest absolute Gasteiger partial charge is 0.123 e. The summed E-state index contributed by atoms with van der Waals surface area (Å²) in [6, 6.07) is 4.16. The maximum absolute atomic E-state index is 6.11. The third-order valence-electron chi connectivity index (χ3n) is 3.77. The van der Waals surface area contributed by atoms with E-state index >= 15 is 0 Å². The van der Waals surface area contributed by atoms with Crippen LogP contribution in [0.25, 0.3) is 0 Å². The Kier molecular flexibility index (Phi) is 9.41. The summed E-state index contributed by atoms with van der Waals surface area (Å²) < 4.78 is 11.5. The molecule has 0 heterocycles. The summed E-state index contributed by atoms with van der Waals surface area (Å²) in [4.78, 5) is 0. The topological polar surface area (TPSA) is 18.5 Å². The minimum absolute atomic E-state index is 0.641. The van der Waals surface area contributed by atoms with E-state index in [1.807, 2.05) is 0 Å². The van der Waals surface area contributed by atoms with Gasteiger partial charge in [-0.05, 0) is 24.5 Å². The molecule has 0 radical (unpaired) electrons. The van der Waals surface area contributed by atoms with E-state index in [4.69, 9.17) is 9.47 Å². The molecule has 4 heteroatoms. The number of ether oxygens (including phenoxy) is 2. The molecule has 0 spiro atoms. The fraction of sp³-hybridized carbons (Fsp3) is 0.647. The molecular weight excluding hydrogens is 396 g/mol. The second-order valence-electron chi connectivity index (χ2n) is 5.27. The number of methoxy groups -OCH3 is 1. The van der Waals surface area contributed by atoms with Crippen molar-refractivity contribution >= 4 is 31.9 Å². The molecule has 0 fully saturated rings. The van der Waals surface area contributed by atoms with Gasteiger partial charge in [0.2, 0.25) is 0 Å². The highest BCUT2D eigenvalue weighted by Crippen LogP contribution is 2.32. The lowest BCUT2D eigenvalue weighted by Crippen LogP contribution is -2.12. The van der Waals surface area contributed by atoms with Gasteiger partial charge in [-0.25, -0.2) is 0 Å². The first kappa shape index (κ1) is 18.8. The highest BCUT2D eigenvalue weighted by Gasteiger charge is 2.13. The van der Waals surface area contributed by atoms with Crippen molar-refractivity contribution in [1.82, 2.24) is 0 Å². The maximum Gasteiger partial charge on any atom is 0.123 e. The first-order chi connectivity index (χ1) is 10.2. The Morgan fingerprint density at radius 3 is 2.19 bits per heavy atom. The van der Waals surface area contributed by atoms with Crippen molar-refractivity contribution in [2.45, 2.75) is 50.2 Å². The minimum Gasteiger partial charge on any atom is -0.496 e. The van der Waals surface area contributed by atoms with Gasteiger partial charge in [-0.2, -0.15) is 0 Å². The van der Waals surface area contributed by atoms with E-state index < -0.39 is 0 Å². The number of hydrogen-bond donors (Lipinski definition) is 0. The molecule has 1 aromatic carbocycles. The second kappa shape index (κ2) is 10.5. The van der Waals surface area contributed by atoms with Crippen LogP contribution in [-0.2, 0) is 10.7 Å². The van der Waals surface area contributed by atoms with E-state index in [1.165, 1.54) is 25.7 Å². The van der Waals surface area contributed by atoms with Crippen molar-refractivity contribution < 1.29 is 9.47 Å². The van der Waals surface area contributed by atoms with Crippen LogP contribution in [0.5, 0.6) is 11.5 Å². The Labute approximate surface area is 145 Å². The molecule has 120 valence electrons. The van der Waals surface area contributed by atoms with Crippen LogP contribution in [0.2, 0.25) is 0 Å². The normalized spacial score (nSPS) is 12.2. The fourth-order valence-corrected chi connectivity index (χ4v) is 3.16. The molecule has 0 aliphatic carbocycles. The number of benzene rings is 1. The molecule has 1 unspecified atom stereocenters. The molecule has 0 N–H and O–H groups in total. The van der Waals surface area contributed by atoms with Crippen molar-refractivity contribution in [1.29, 1.82) is 0 Å². The molecule has 0 aromatic heterocycles. The zero-order valence-electron chi connectivity index (χ0n) is 13.3. The summed E-state index contributed by atoms with van der Waals surface area (Å²) in [5, 5.41) is 1.54. The van der Waals surface area contributed by atoms with Crippen molar-refractivity contribution in [3.8, 4) is 11.5 Å². The minimum atomic E-state index is 0.641. The van der Waals surface area contributed by atoms with E-state index in [9.17, 15) is 0 Å². The van der Waals surface area contributed by atoms with Gasteiger partial charge in [0.1, 0.15) is 11.5 Å². The number of halogens is 2. The third-order valence-corrected chi connectivity index (χ3v) is 4.98. The van der Waals surface area contributed by atoms with Crippen LogP contribution in [0.4, 0.5) is 0 Å². The van der Waals surface area contributed by atoms with Crippen LogP contribution in [0.1, 0.15) is 50.7 Å². The Bertz CT molecular complexity index is 421. The Morgan fingerprint density at radius 2 is 1.67 bits per heavy atom. The maximum atomic E-state index is 6.11. The molecule has 1 aromatic rings. The monoisotopic (exact) mass is 420 g/mol. The standard InChI is InChI=1S/C17H26Br2O2/c1-4-6-7-13(5-2)12-21-17-9-14(10-18)16(20-3)8-15(17)11-19/h8-9,13H,4-7,10-12H2,1-3H3. The third kappa shape index (κ3) is 5.82. The van der Waals surface area contributed by atoms with Crippen LogP contribution < -0.4 is 9.47 Å². The van der Waals surface area contributed by atoms with Gasteiger partial charge in [-0.15, -0.1) is 0 Å². The first-order valence-corrected chi connectivity index (χ1v) is 9.88. The fourth-order valence-electron chi connectivity index (χ4n) is 2.28. The molecule has 2 nitrogen and oxygen atoms in total. The molecule has 0 saturated carbocycles. The largest absolute Gasteiger partial charge is 0.496 e. The van der Waals surface area contributed by atoms with Crippen LogP contribution in [0, 0.1) is 5.92 Å². The summed E-state index contributed by atoms with van der Waals surface area (Å²) in [6.07, 6.45) is 4.95. The van der Waals surface area contributed by atoms with Crippen LogP contribution >= 0.6 is 31.9 Å². The molecular formula is C17H26Br2O2.